The number of fused-ring (bicyclic) bond motifs is 1. The minimum Gasteiger partial charge on any atom is -0.319 e. The van der Waals surface area contributed by atoms with E-state index in [9.17, 15) is 8.78 Å². The molecule has 0 unspecified atom stereocenters. The van der Waals surface area contributed by atoms with Crippen molar-refractivity contribution in [2.75, 3.05) is 0 Å². The molecule has 2 aromatic rings. The van der Waals surface area contributed by atoms with Gasteiger partial charge in [-0.2, -0.15) is 0 Å². The Kier molecular flexibility index (Phi) is 2.88. The monoisotopic (exact) mass is 221 g/mol. The first-order chi connectivity index (χ1) is 7.61. The van der Waals surface area contributed by atoms with Crippen LogP contribution in [0.2, 0.25) is 0 Å². The van der Waals surface area contributed by atoms with Crippen LogP contribution < -0.4 is 5.73 Å². The molecule has 2 rings (SSSR count). The first-order valence-corrected chi connectivity index (χ1v) is 5.13. The molecule has 0 amide bonds. The van der Waals surface area contributed by atoms with E-state index in [1.807, 2.05) is 37.3 Å². The van der Waals surface area contributed by atoms with E-state index < -0.39 is 12.5 Å². The molecule has 0 saturated heterocycles. The first-order valence-electron chi connectivity index (χ1n) is 5.13. The molecule has 84 valence electrons. The molecule has 0 fully saturated rings. The smallest absolute Gasteiger partial charge is 0.257 e. The summed E-state index contributed by atoms with van der Waals surface area (Å²) in [5.74, 6) is 0. The van der Waals surface area contributed by atoms with E-state index in [-0.39, 0.29) is 0 Å². The normalized spacial score (nSPS) is 13.3. The number of halogens is 2. The van der Waals surface area contributed by atoms with Crippen LogP contribution >= 0.6 is 0 Å². The molecule has 0 heterocycles. The zero-order chi connectivity index (χ0) is 11.7. The lowest BCUT2D eigenvalue weighted by Gasteiger charge is -2.14. The van der Waals surface area contributed by atoms with E-state index in [0.717, 1.165) is 16.3 Å². The summed E-state index contributed by atoms with van der Waals surface area (Å²) in [6.45, 7) is 1.96. The molecule has 2 N–H and O–H groups in total. The van der Waals surface area contributed by atoms with E-state index in [1.165, 1.54) is 0 Å². The fraction of sp³-hybridized carbons (Fsp3) is 0.231. The standard InChI is InChI=1S/C13H13F2N/c1-8-6-7-11(12(16)13(14)15)10-5-3-2-4-9(8)10/h2-7,12-13H,16H2,1H3/t12-/m0/s1. The second-order valence-corrected chi connectivity index (χ2v) is 3.88. The molecule has 0 saturated carbocycles. The average Bonchev–Trinajstić information content (AvgIpc) is 2.29. The van der Waals surface area contributed by atoms with Gasteiger partial charge in [0.05, 0.1) is 6.04 Å². The number of nitrogens with two attached hydrogens (primary N) is 1. The van der Waals surface area contributed by atoms with Crippen LogP contribution in [0.25, 0.3) is 10.8 Å². The highest BCUT2D eigenvalue weighted by Gasteiger charge is 2.19. The van der Waals surface area contributed by atoms with Gasteiger partial charge in [-0.25, -0.2) is 8.78 Å². The Morgan fingerprint density at radius 2 is 1.62 bits per heavy atom. The van der Waals surface area contributed by atoms with Gasteiger partial charge < -0.3 is 5.73 Å². The summed E-state index contributed by atoms with van der Waals surface area (Å²) >= 11 is 0. The number of benzene rings is 2. The van der Waals surface area contributed by atoms with Gasteiger partial charge in [-0.1, -0.05) is 36.4 Å². The number of alkyl halides is 2. The molecular formula is C13H13F2N. The maximum absolute atomic E-state index is 12.6. The number of rotatable bonds is 2. The van der Waals surface area contributed by atoms with E-state index in [0.29, 0.717) is 5.56 Å². The quantitative estimate of drug-likeness (QED) is 0.826. The van der Waals surface area contributed by atoms with Gasteiger partial charge in [0.25, 0.3) is 6.43 Å². The van der Waals surface area contributed by atoms with Crippen LogP contribution in [0.5, 0.6) is 0 Å². The summed E-state index contributed by atoms with van der Waals surface area (Å²) in [5.41, 5.74) is 7.08. The molecule has 0 aliphatic rings. The lowest BCUT2D eigenvalue weighted by atomic mass is 9.96. The van der Waals surface area contributed by atoms with Crippen molar-refractivity contribution in [3.05, 3.63) is 47.5 Å². The Balaban J connectivity index is 2.67. The fourth-order valence-corrected chi connectivity index (χ4v) is 1.90. The van der Waals surface area contributed by atoms with Crippen molar-refractivity contribution in [2.24, 2.45) is 5.73 Å². The Labute approximate surface area is 92.9 Å². The van der Waals surface area contributed by atoms with Gasteiger partial charge >= 0.3 is 0 Å². The average molecular weight is 221 g/mol. The lowest BCUT2D eigenvalue weighted by molar-refractivity contribution is 0.117. The summed E-state index contributed by atoms with van der Waals surface area (Å²) < 4.78 is 25.2. The van der Waals surface area contributed by atoms with Gasteiger partial charge in [0, 0.05) is 0 Å². The Morgan fingerprint density at radius 1 is 1.00 bits per heavy atom. The van der Waals surface area contributed by atoms with Gasteiger partial charge in [-0.05, 0) is 28.8 Å². The minimum absolute atomic E-state index is 0.510. The highest BCUT2D eigenvalue weighted by molar-refractivity contribution is 5.88. The topological polar surface area (TPSA) is 26.0 Å². The molecule has 0 aliphatic heterocycles. The van der Waals surface area contributed by atoms with Crippen molar-refractivity contribution in [2.45, 2.75) is 19.4 Å². The molecular weight excluding hydrogens is 208 g/mol. The van der Waals surface area contributed by atoms with Crippen molar-refractivity contribution in [3.8, 4) is 0 Å². The summed E-state index contributed by atoms with van der Waals surface area (Å²) in [4.78, 5) is 0. The number of hydrogen-bond donors (Lipinski definition) is 1. The summed E-state index contributed by atoms with van der Waals surface area (Å²) in [6.07, 6.45) is -2.54. The maximum Gasteiger partial charge on any atom is 0.257 e. The molecule has 1 atom stereocenters. The third kappa shape index (κ3) is 1.78. The van der Waals surface area contributed by atoms with Crippen LogP contribution in [0, 0.1) is 6.92 Å². The van der Waals surface area contributed by atoms with Crippen LogP contribution in [0.4, 0.5) is 8.78 Å². The van der Waals surface area contributed by atoms with Crippen LogP contribution in [-0.2, 0) is 0 Å². The second kappa shape index (κ2) is 4.18. The summed E-state index contributed by atoms with van der Waals surface area (Å²) in [7, 11) is 0. The minimum atomic E-state index is -2.54. The van der Waals surface area contributed by atoms with Gasteiger partial charge in [0.2, 0.25) is 0 Å². The van der Waals surface area contributed by atoms with E-state index in [4.69, 9.17) is 5.73 Å². The largest absolute Gasteiger partial charge is 0.319 e. The Bertz CT molecular complexity index is 508. The third-order valence-corrected chi connectivity index (χ3v) is 2.81. The zero-order valence-corrected chi connectivity index (χ0v) is 8.95. The van der Waals surface area contributed by atoms with Gasteiger partial charge in [0.15, 0.2) is 0 Å². The van der Waals surface area contributed by atoms with Crippen LogP contribution in [0.1, 0.15) is 17.2 Å². The van der Waals surface area contributed by atoms with E-state index in [1.54, 1.807) is 6.07 Å². The Hall–Kier alpha value is -1.48. The highest BCUT2D eigenvalue weighted by atomic mass is 19.3. The van der Waals surface area contributed by atoms with Gasteiger partial charge in [-0.15, -0.1) is 0 Å². The molecule has 0 radical (unpaired) electrons. The van der Waals surface area contributed by atoms with E-state index >= 15 is 0 Å². The molecule has 16 heavy (non-hydrogen) atoms. The van der Waals surface area contributed by atoms with Crippen molar-refractivity contribution in [3.63, 3.8) is 0 Å². The molecule has 2 aromatic carbocycles. The maximum atomic E-state index is 12.6. The third-order valence-electron chi connectivity index (χ3n) is 2.81. The molecule has 0 bridgehead atoms. The molecule has 0 aliphatic carbocycles. The molecule has 0 aromatic heterocycles. The fourth-order valence-electron chi connectivity index (χ4n) is 1.90. The number of aryl methyl sites for hydroxylation is 1. The second-order valence-electron chi connectivity index (χ2n) is 3.88. The molecule has 1 nitrogen and oxygen atoms in total. The summed E-state index contributed by atoms with van der Waals surface area (Å²) in [5, 5.41) is 1.80. The van der Waals surface area contributed by atoms with Gasteiger partial charge in [0.1, 0.15) is 0 Å². The van der Waals surface area contributed by atoms with Crippen molar-refractivity contribution < 1.29 is 8.78 Å². The predicted octanol–water partition coefficient (Wildman–Crippen LogP) is 3.41. The van der Waals surface area contributed by atoms with Crippen LogP contribution in [0.15, 0.2) is 36.4 Å². The van der Waals surface area contributed by atoms with E-state index in [2.05, 4.69) is 0 Å². The highest BCUT2D eigenvalue weighted by Crippen LogP contribution is 2.28. The van der Waals surface area contributed by atoms with Crippen molar-refractivity contribution in [1.82, 2.24) is 0 Å². The van der Waals surface area contributed by atoms with Crippen LogP contribution in [-0.4, -0.2) is 6.43 Å². The predicted molar refractivity (Wildman–Crippen MR) is 61.6 cm³/mol. The zero-order valence-electron chi connectivity index (χ0n) is 8.95. The SMILES string of the molecule is Cc1ccc([C@H](N)C(F)F)c2ccccc12. The van der Waals surface area contributed by atoms with Crippen molar-refractivity contribution in [1.29, 1.82) is 0 Å². The molecule has 3 heteroatoms. The Morgan fingerprint density at radius 3 is 2.25 bits per heavy atom. The van der Waals surface area contributed by atoms with Crippen LogP contribution in [0.3, 0.4) is 0 Å². The van der Waals surface area contributed by atoms with Gasteiger partial charge in [-0.3, -0.25) is 0 Å². The molecule has 0 spiro atoms. The number of hydrogen-bond acceptors (Lipinski definition) is 1. The first kappa shape index (κ1) is 11.0. The lowest BCUT2D eigenvalue weighted by Crippen LogP contribution is -2.19. The van der Waals surface area contributed by atoms with Crippen molar-refractivity contribution >= 4 is 10.8 Å². The summed E-state index contributed by atoms with van der Waals surface area (Å²) in [6, 6.07) is 9.79.